The largest absolute Gasteiger partial charge is 0.302 e. The van der Waals surface area contributed by atoms with Crippen LogP contribution in [0.4, 0.5) is 0 Å². The van der Waals surface area contributed by atoms with E-state index in [0.717, 1.165) is 0 Å². The molecule has 98 valence electrons. The predicted molar refractivity (Wildman–Crippen MR) is 80.4 cm³/mol. The van der Waals surface area contributed by atoms with Crippen molar-refractivity contribution < 1.29 is 0 Å². The van der Waals surface area contributed by atoms with Crippen molar-refractivity contribution >= 4 is 0 Å². The zero-order valence-corrected chi connectivity index (χ0v) is 11.5. The Kier molecular flexibility index (Phi) is 3.65. The number of likely N-dealkylation sites (tertiary alicyclic amines) is 1. The molecule has 1 heteroatoms. The molecule has 0 spiro atoms. The van der Waals surface area contributed by atoms with E-state index in [4.69, 9.17) is 0 Å². The van der Waals surface area contributed by atoms with Crippen LogP contribution in [-0.4, -0.2) is 24.5 Å². The maximum absolute atomic E-state index is 2.52. The summed E-state index contributed by atoms with van der Waals surface area (Å²) < 4.78 is 0. The normalized spacial score (nSPS) is 20.0. The molecule has 1 unspecified atom stereocenters. The van der Waals surface area contributed by atoms with Gasteiger partial charge in [0.15, 0.2) is 0 Å². The van der Waals surface area contributed by atoms with Gasteiger partial charge in [-0.1, -0.05) is 60.7 Å². The Bertz CT molecular complexity index is 466. The van der Waals surface area contributed by atoms with Crippen LogP contribution in [0, 0.1) is 0 Å². The first-order valence-corrected chi connectivity index (χ1v) is 7.16. The summed E-state index contributed by atoms with van der Waals surface area (Å²) in [6, 6.07) is 22.5. The van der Waals surface area contributed by atoms with E-state index in [1.165, 1.54) is 30.5 Å². The highest BCUT2D eigenvalue weighted by atomic mass is 15.1. The molecule has 0 aromatic heterocycles. The molecular formula is C18H21N. The molecule has 2 aromatic rings. The minimum atomic E-state index is 0.495. The summed E-state index contributed by atoms with van der Waals surface area (Å²) in [5.41, 5.74) is 2.87. The van der Waals surface area contributed by atoms with Gasteiger partial charge in [-0.05, 0) is 37.6 Å². The number of rotatable bonds is 3. The highest BCUT2D eigenvalue weighted by Gasteiger charge is 2.31. The number of nitrogens with zero attached hydrogens (tertiary/aromatic N) is 1. The van der Waals surface area contributed by atoms with Crippen LogP contribution in [0.15, 0.2) is 60.7 Å². The standard InChI is InChI=1S/C18H21N/c1-19-14-8-13-17(19)18(15-9-4-2-5-10-15)16-11-6-3-7-12-16/h2-7,9-12,17-18H,8,13-14H2,1H3. The lowest BCUT2D eigenvalue weighted by Crippen LogP contribution is -2.31. The third-order valence-corrected chi connectivity index (χ3v) is 4.28. The van der Waals surface area contributed by atoms with Crippen LogP contribution in [0.2, 0.25) is 0 Å². The average molecular weight is 251 g/mol. The minimum Gasteiger partial charge on any atom is -0.302 e. The monoisotopic (exact) mass is 251 g/mol. The highest BCUT2D eigenvalue weighted by molar-refractivity contribution is 5.34. The second-order valence-corrected chi connectivity index (χ2v) is 5.49. The Morgan fingerprint density at radius 1 is 0.895 bits per heavy atom. The minimum absolute atomic E-state index is 0.495. The summed E-state index contributed by atoms with van der Waals surface area (Å²) in [6.45, 7) is 1.22. The maximum atomic E-state index is 2.52. The molecule has 1 nitrogen and oxygen atoms in total. The Labute approximate surface area is 115 Å². The van der Waals surface area contributed by atoms with Gasteiger partial charge >= 0.3 is 0 Å². The molecule has 0 saturated carbocycles. The molecule has 19 heavy (non-hydrogen) atoms. The van der Waals surface area contributed by atoms with E-state index in [1.807, 2.05) is 0 Å². The first-order valence-electron chi connectivity index (χ1n) is 7.16. The number of likely N-dealkylation sites (N-methyl/N-ethyl adjacent to an activating group) is 1. The highest BCUT2D eigenvalue weighted by Crippen LogP contribution is 2.35. The Morgan fingerprint density at radius 3 is 1.84 bits per heavy atom. The van der Waals surface area contributed by atoms with Gasteiger partial charge in [0.1, 0.15) is 0 Å². The van der Waals surface area contributed by atoms with Crippen molar-refractivity contribution in [2.24, 2.45) is 0 Å². The van der Waals surface area contributed by atoms with Gasteiger partial charge < -0.3 is 4.90 Å². The predicted octanol–water partition coefficient (Wildman–Crippen LogP) is 3.91. The van der Waals surface area contributed by atoms with Crippen molar-refractivity contribution in [2.45, 2.75) is 24.8 Å². The molecular weight excluding hydrogens is 230 g/mol. The van der Waals surface area contributed by atoms with Gasteiger partial charge in [-0.25, -0.2) is 0 Å². The third-order valence-electron chi connectivity index (χ3n) is 4.28. The molecule has 2 aromatic carbocycles. The molecule has 0 radical (unpaired) electrons. The molecule has 0 amide bonds. The SMILES string of the molecule is CN1CCCC1C(c1ccccc1)c1ccccc1. The summed E-state index contributed by atoms with van der Waals surface area (Å²) in [4.78, 5) is 2.52. The van der Waals surface area contributed by atoms with E-state index in [2.05, 4.69) is 72.6 Å². The maximum Gasteiger partial charge on any atom is 0.0245 e. The summed E-state index contributed by atoms with van der Waals surface area (Å²) in [5, 5.41) is 0. The van der Waals surface area contributed by atoms with Crippen molar-refractivity contribution in [3.05, 3.63) is 71.8 Å². The average Bonchev–Trinajstić information content (AvgIpc) is 2.88. The molecule has 1 aliphatic heterocycles. The van der Waals surface area contributed by atoms with E-state index >= 15 is 0 Å². The summed E-state index contributed by atoms with van der Waals surface area (Å²) in [6.07, 6.45) is 2.61. The Morgan fingerprint density at radius 2 is 1.42 bits per heavy atom. The molecule has 1 saturated heterocycles. The fraction of sp³-hybridized carbons (Fsp3) is 0.333. The van der Waals surface area contributed by atoms with Gasteiger partial charge in [0.05, 0.1) is 0 Å². The lowest BCUT2D eigenvalue weighted by molar-refractivity contribution is 0.287. The van der Waals surface area contributed by atoms with Crippen molar-refractivity contribution in [3.63, 3.8) is 0 Å². The van der Waals surface area contributed by atoms with E-state index in [1.54, 1.807) is 0 Å². The van der Waals surface area contributed by atoms with Crippen LogP contribution in [0.25, 0.3) is 0 Å². The second-order valence-electron chi connectivity index (χ2n) is 5.49. The van der Waals surface area contributed by atoms with Crippen LogP contribution in [0.5, 0.6) is 0 Å². The van der Waals surface area contributed by atoms with Gasteiger partial charge in [0, 0.05) is 12.0 Å². The molecule has 1 heterocycles. The van der Waals surface area contributed by atoms with Gasteiger partial charge in [-0.3, -0.25) is 0 Å². The van der Waals surface area contributed by atoms with Gasteiger partial charge in [0.25, 0.3) is 0 Å². The number of benzene rings is 2. The van der Waals surface area contributed by atoms with Crippen molar-refractivity contribution in [1.82, 2.24) is 4.90 Å². The summed E-state index contributed by atoms with van der Waals surface area (Å²) in [7, 11) is 2.26. The van der Waals surface area contributed by atoms with Crippen molar-refractivity contribution in [3.8, 4) is 0 Å². The molecule has 1 aliphatic rings. The van der Waals surface area contributed by atoms with E-state index in [-0.39, 0.29) is 0 Å². The van der Waals surface area contributed by atoms with Crippen LogP contribution in [-0.2, 0) is 0 Å². The topological polar surface area (TPSA) is 3.24 Å². The second kappa shape index (κ2) is 5.58. The number of hydrogen-bond acceptors (Lipinski definition) is 1. The zero-order chi connectivity index (χ0) is 13.1. The molecule has 1 atom stereocenters. The molecule has 0 N–H and O–H groups in total. The number of hydrogen-bond donors (Lipinski definition) is 0. The van der Waals surface area contributed by atoms with Crippen molar-refractivity contribution in [1.29, 1.82) is 0 Å². The third kappa shape index (κ3) is 2.57. The van der Waals surface area contributed by atoms with Gasteiger partial charge in [0.2, 0.25) is 0 Å². The van der Waals surface area contributed by atoms with Crippen molar-refractivity contribution in [2.75, 3.05) is 13.6 Å². The lowest BCUT2D eigenvalue weighted by Gasteiger charge is -2.30. The van der Waals surface area contributed by atoms with Crippen LogP contribution in [0.1, 0.15) is 29.9 Å². The molecule has 1 fully saturated rings. The quantitative estimate of drug-likeness (QED) is 0.799. The summed E-state index contributed by atoms with van der Waals surface area (Å²) >= 11 is 0. The smallest absolute Gasteiger partial charge is 0.0245 e. The fourth-order valence-corrected chi connectivity index (χ4v) is 3.31. The van der Waals surface area contributed by atoms with Gasteiger partial charge in [-0.15, -0.1) is 0 Å². The fourth-order valence-electron chi connectivity index (χ4n) is 3.31. The first-order chi connectivity index (χ1) is 9.36. The Hall–Kier alpha value is -1.60. The first kappa shape index (κ1) is 12.4. The van der Waals surface area contributed by atoms with Crippen LogP contribution < -0.4 is 0 Å². The van der Waals surface area contributed by atoms with Crippen LogP contribution in [0.3, 0.4) is 0 Å². The lowest BCUT2D eigenvalue weighted by atomic mass is 9.84. The molecule has 0 bridgehead atoms. The molecule has 3 rings (SSSR count). The zero-order valence-electron chi connectivity index (χ0n) is 11.5. The summed E-state index contributed by atoms with van der Waals surface area (Å²) in [5.74, 6) is 0.495. The van der Waals surface area contributed by atoms with Crippen LogP contribution >= 0.6 is 0 Å². The van der Waals surface area contributed by atoms with Gasteiger partial charge in [-0.2, -0.15) is 0 Å². The van der Waals surface area contributed by atoms with E-state index in [0.29, 0.717) is 12.0 Å². The Balaban J connectivity index is 2.01. The molecule has 0 aliphatic carbocycles. The van der Waals surface area contributed by atoms with E-state index in [9.17, 15) is 0 Å². The van der Waals surface area contributed by atoms with E-state index < -0.39 is 0 Å².